The van der Waals surface area contributed by atoms with Crippen LogP contribution in [0, 0.1) is 5.41 Å². The topological polar surface area (TPSA) is 85.3 Å². The maximum Gasteiger partial charge on any atom is 0.256 e. The number of nitrogens with zero attached hydrogens (tertiary/aromatic N) is 3. The molecule has 40 heavy (non-hydrogen) atoms. The number of likely N-dealkylation sites (N-methyl/N-ethyl adjacent to an activating group) is 1. The summed E-state index contributed by atoms with van der Waals surface area (Å²) in [5, 5.41) is 14.6. The second kappa shape index (κ2) is 12.1. The number of amides is 2. The van der Waals surface area contributed by atoms with Gasteiger partial charge >= 0.3 is 0 Å². The first-order chi connectivity index (χ1) is 19.0. The quantitative estimate of drug-likeness (QED) is 0.577. The van der Waals surface area contributed by atoms with E-state index >= 15 is 0 Å². The van der Waals surface area contributed by atoms with E-state index in [2.05, 4.69) is 29.3 Å². The SMILES string of the molecule is CCN1CCN(CC(O)[C@@H]2Cc3ccccc3CN2)C(=O)c2ccc(C(=O)N3CCC4(CCOCC4)C3)cc21.Cl. The average molecular weight is 569 g/mol. The smallest absolute Gasteiger partial charge is 0.256 e. The first kappa shape index (κ1) is 28.9. The van der Waals surface area contributed by atoms with Crippen LogP contribution in [0.4, 0.5) is 5.69 Å². The number of fused-ring (bicyclic) bond motifs is 2. The Kier molecular flexibility index (Phi) is 8.71. The molecule has 1 unspecified atom stereocenters. The molecule has 2 saturated heterocycles. The van der Waals surface area contributed by atoms with Gasteiger partial charge in [0, 0.05) is 70.6 Å². The zero-order valence-electron chi connectivity index (χ0n) is 23.3. The molecular weight excluding hydrogens is 528 g/mol. The van der Waals surface area contributed by atoms with Gasteiger partial charge in [-0.25, -0.2) is 0 Å². The van der Waals surface area contributed by atoms with E-state index < -0.39 is 6.10 Å². The number of anilines is 1. The third-order valence-electron chi connectivity index (χ3n) is 9.39. The molecule has 2 aromatic carbocycles. The molecule has 4 heterocycles. The number of halogens is 1. The highest BCUT2D eigenvalue weighted by Gasteiger charge is 2.41. The minimum Gasteiger partial charge on any atom is -0.390 e. The lowest BCUT2D eigenvalue weighted by Gasteiger charge is -2.33. The number of carbonyl (C=O) groups is 2. The molecule has 216 valence electrons. The van der Waals surface area contributed by atoms with Crippen LogP contribution in [-0.2, 0) is 17.7 Å². The van der Waals surface area contributed by atoms with Crippen LogP contribution in [0.1, 0.15) is 58.0 Å². The maximum absolute atomic E-state index is 13.7. The molecule has 0 bridgehead atoms. The van der Waals surface area contributed by atoms with Crippen molar-refractivity contribution in [3.8, 4) is 0 Å². The molecule has 0 saturated carbocycles. The van der Waals surface area contributed by atoms with Crippen LogP contribution in [-0.4, -0.2) is 91.3 Å². The second-order valence-corrected chi connectivity index (χ2v) is 11.7. The summed E-state index contributed by atoms with van der Waals surface area (Å²) >= 11 is 0. The Bertz CT molecular complexity index is 1230. The standard InChI is InChI=1S/C31H40N4O4.ClH/c1-2-33-13-14-34(20-28(36)26-17-22-5-3-4-6-24(22)19-32-26)30(38)25-8-7-23(18-27(25)33)29(37)35-12-9-31(21-35)10-15-39-16-11-31;/h3-8,18,26,28,32,36H,2,9-17,19-21H2,1H3;1H/t26-,28?;/m0./s1. The molecule has 4 aliphatic rings. The largest absolute Gasteiger partial charge is 0.390 e. The molecule has 0 radical (unpaired) electrons. The number of hydrogen-bond donors (Lipinski definition) is 2. The van der Waals surface area contributed by atoms with E-state index in [4.69, 9.17) is 4.74 Å². The van der Waals surface area contributed by atoms with Gasteiger partial charge in [-0.2, -0.15) is 0 Å². The summed E-state index contributed by atoms with van der Waals surface area (Å²) < 4.78 is 5.56. The molecule has 8 nitrogen and oxygen atoms in total. The molecule has 9 heteroatoms. The monoisotopic (exact) mass is 568 g/mol. The summed E-state index contributed by atoms with van der Waals surface area (Å²) in [6.07, 6.45) is 3.14. The van der Waals surface area contributed by atoms with E-state index in [1.807, 2.05) is 29.2 Å². The highest BCUT2D eigenvalue weighted by molar-refractivity contribution is 6.03. The highest BCUT2D eigenvalue weighted by Crippen LogP contribution is 2.40. The van der Waals surface area contributed by atoms with Gasteiger partial charge < -0.3 is 29.9 Å². The van der Waals surface area contributed by atoms with Crippen molar-refractivity contribution in [1.29, 1.82) is 0 Å². The molecule has 6 rings (SSSR count). The van der Waals surface area contributed by atoms with Crippen molar-refractivity contribution in [2.45, 2.75) is 51.3 Å². The summed E-state index contributed by atoms with van der Waals surface area (Å²) in [7, 11) is 0. The molecule has 2 aromatic rings. The Morgan fingerprint density at radius 1 is 1.07 bits per heavy atom. The fraction of sp³-hybridized carbons (Fsp3) is 0.548. The number of β-amino-alcohol motifs (C(OH)–C–C–N with tert-alkyl or cyclic N) is 1. The van der Waals surface area contributed by atoms with Crippen LogP contribution in [0.5, 0.6) is 0 Å². The van der Waals surface area contributed by atoms with Gasteiger partial charge in [-0.05, 0) is 67.3 Å². The van der Waals surface area contributed by atoms with Crippen molar-refractivity contribution in [3.05, 3.63) is 64.7 Å². The van der Waals surface area contributed by atoms with Gasteiger partial charge in [-0.15, -0.1) is 12.4 Å². The highest BCUT2D eigenvalue weighted by atomic mass is 35.5. The molecular formula is C31H41ClN4O4. The first-order valence-corrected chi connectivity index (χ1v) is 14.5. The van der Waals surface area contributed by atoms with E-state index in [0.29, 0.717) is 24.2 Å². The normalized spacial score (nSPS) is 22.8. The lowest BCUT2D eigenvalue weighted by atomic mass is 9.80. The molecule has 2 amide bonds. The molecule has 2 atom stereocenters. The second-order valence-electron chi connectivity index (χ2n) is 11.7. The lowest BCUT2D eigenvalue weighted by molar-refractivity contribution is 0.0191. The van der Waals surface area contributed by atoms with Crippen LogP contribution in [0.25, 0.3) is 0 Å². The van der Waals surface area contributed by atoms with Crippen LogP contribution < -0.4 is 10.2 Å². The summed E-state index contributed by atoms with van der Waals surface area (Å²) in [5.41, 5.74) is 4.77. The van der Waals surface area contributed by atoms with Crippen LogP contribution >= 0.6 is 12.4 Å². The van der Waals surface area contributed by atoms with E-state index in [1.165, 1.54) is 11.1 Å². The Morgan fingerprint density at radius 2 is 1.82 bits per heavy atom. The number of benzene rings is 2. The van der Waals surface area contributed by atoms with Gasteiger partial charge in [-0.1, -0.05) is 24.3 Å². The zero-order chi connectivity index (χ0) is 27.0. The number of aliphatic hydroxyl groups is 1. The fourth-order valence-electron chi connectivity index (χ4n) is 6.85. The van der Waals surface area contributed by atoms with Crippen molar-refractivity contribution in [3.63, 3.8) is 0 Å². The van der Waals surface area contributed by atoms with E-state index in [0.717, 1.165) is 70.8 Å². The predicted molar refractivity (Wildman–Crippen MR) is 157 cm³/mol. The Morgan fingerprint density at radius 3 is 2.60 bits per heavy atom. The summed E-state index contributed by atoms with van der Waals surface area (Å²) in [4.78, 5) is 33.2. The van der Waals surface area contributed by atoms with E-state index in [1.54, 1.807) is 11.0 Å². The summed E-state index contributed by atoms with van der Waals surface area (Å²) in [6.45, 7) is 8.12. The minimum atomic E-state index is -0.674. The number of rotatable bonds is 5. The van der Waals surface area contributed by atoms with Crippen LogP contribution in [0.3, 0.4) is 0 Å². The first-order valence-electron chi connectivity index (χ1n) is 14.5. The van der Waals surface area contributed by atoms with E-state index in [9.17, 15) is 14.7 Å². The number of carbonyl (C=O) groups excluding carboxylic acids is 2. The molecule has 1 spiro atoms. The average Bonchev–Trinajstić information content (AvgIpc) is 3.32. The minimum absolute atomic E-state index is 0. The Balaban J connectivity index is 0.00000323. The molecule has 2 fully saturated rings. The number of likely N-dealkylation sites (tertiary alicyclic amines) is 1. The molecule has 0 aliphatic carbocycles. The predicted octanol–water partition coefficient (Wildman–Crippen LogP) is 3.11. The maximum atomic E-state index is 13.7. The van der Waals surface area contributed by atoms with Crippen LogP contribution in [0.15, 0.2) is 42.5 Å². The number of hydrogen-bond acceptors (Lipinski definition) is 6. The summed E-state index contributed by atoms with van der Waals surface area (Å²) in [6, 6.07) is 13.7. The Hall–Kier alpha value is -2.65. The van der Waals surface area contributed by atoms with Crippen molar-refractivity contribution in [1.82, 2.24) is 15.1 Å². The van der Waals surface area contributed by atoms with E-state index in [-0.39, 0.29) is 42.2 Å². The van der Waals surface area contributed by atoms with Gasteiger partial charge in [0.25, 0.3) is 11.8 Å². The van der Waals surface area contributed by atoms with Gasteiger partial charge in [0.1, 0.15) is 0 Å². The van der Waals surface area contributed by atoms with Crippen molar-refractivity contribution >= 4 is 29.9 Å². The van der Waals surface area contributed by atoms with Crippen molar-refractivity contribution in [2.24, 2.45) is 5.41 Å². The third-order valence-corrected chi connectivity index (χ3v) is 9.39. The number of ether oxygens (including phenoxy) is 1. The lowest BCUT2D eigenvalue weighted by Crippen LogP contribution is -2.50. The zero-order valence-corrected chi connectivity index (χ0v) is 24.1. The fourth-order valence-corrected chi connectivity index (χ4v) is 6.85. The number of aliphatic hydroxyl groups excluding tert-OH is 1. The summed E-state index contributed by atoms with van der Waals surface area (Å²) in [5.74, 6) is -0.0395. The van der Waals surface area contributed by atoms with Gasteiger partial charge in [0.05, 0.1) is 17.4 Å². The molecule has 4 aliphatic heterocycles. The van der Waals surface area contributed by atoms with Gasteiger partial charge in [0.2, 0.25) is 0 Å². The van der Waals surface area contributed by atoms with Gasteiger partial charge in [-0.3, -0.25) is 9.59 Å². The molecule has 2 N–H and O–H groups in total. The number of nitrogens with one attached hydrogen (secondary N) is 1. The van der Waals surface area contributed by atoms with Crippen molar-refractivity contribution < 1.29 is 19.4 Å². The van der Waals surface area contributed by atoms with Gasteiger partial charge in [0.15, 0.2) is 0 Å². The van der Waals surface area contributed by atoms with Crippen molar-refractivity contribution in [2.75, 3.05) is 57.4 Å². The van der Waals surface area contributed by atoms with Crippen LogP contribution in [0.2, 0.25) is 0 Å². The Labute approximate surface area is 243 Å². The third kappa shape index (κ3) is 5.59. The molecule has 0 aromatic heterocycles.